The molecule has 0 amide bonds. The van der Waals surface area contributed by atoms with E-state index >= 15 is 0 Å². The molecule has 0 aromatic rings. The predicted molar refractivity (Wildman–Crippen MR) is 76.2 cm³/mol. The Hall–Kier alpha value is 0.110. The average molecular weight is 323 g/mol. The summed E-state index contributed by atoms with van der Waals surface area (Å²) in [6.45, 7) is 4.35. The zero-order valence-electron chi connectivity index (χ0n) is 11.2. The van der Waals surface area contributed by atoms with Gasteiger partial charge >= 0.3 is 0 Å². The molecule has 0 unspecified atom stereocenters. The molecule has 9 heteroatoms. The highest BCUT2D eigenvalue weighted by Gasteiger charge is 2.26. The molecule has 0 aliphatic rings. The van der Waals surface area contributed by atoms with Gasteiger partial charge in [0, 0.05) is 19.8 Å². The molecule has 0 rings (SSSR count). The van der Waals surface area contributed by atoms with Crippen molar-refractivity contribution in [3.05, 3.63) is 0 Å². The van der Waals surface area contributed by atoms with Gasteiger partial charge in [0.2, 0.25) is 10.0 Å². The topological polar surface area (TPSA) is 97.5 Å². The van der Waals surface area contributed by atoms with Crippen LogP contribution in [0.15, 0.2) is 0 Å². The van der Waals surface area contributed by atoms with Crippen LogP contribution in [0, 0.1) is 5.41 Å². The van der Waals surface area contributed by atoms with Gasteiger partial charge in [-0.25, -0.2) is 21.1 Å². The second-order valence-corrected chi connectivity index (χ2v) is 9.53. The van der Waals surface area contributed by atoms with Crippen molar-refractivity contribution in [1.29, 1.82) is 0 Å². The third-order valence-electron chi connectivity index (χ3n) is 2.39. The molecular weight excluding hydrogens is 300 g/mol. The molecule has 6 nitrogen and oxygen atoms in total. The molecule has 0 saturated heterocycles. The van der Waals surface area contributed by atoms with Crippen molar-refractivity contribution in [1.82, 2.24) is 4.31 Å². The summed E-state index contributed by atoms with van der Waals surface area (Å²) < 4.78 is 46.6. The summed E-state index contributed by atoms with van der Waals surface area (Å²) in [5.74, 6) is -0.744. The van der Waals surface area contributed by atoms with Gasteiger partial charge in [0.15, 0.2) is 0 Å². The van der Waals surface area contributed by atoms with Gasteiger partial charge in [-0.15, -0.1) is 12.4 Å². The zero-order chi connectivity index (χ0) is 13.9. The van der Waals surface area contributed by atoms with Crippen LogP contribution in [0.3, 0.4) is 0 Å². The van der Waals surface area contributed by atoms with Gasteiger partial charge in [-0.2, -0.15) is 0 Å². The summed E-state index contributed by atoms with van der Waals surface area (Å²) in [6.07, 6.45) is 1.02. The van der Waals surface area contributed by atoms with E-state index in [4.69, 9.17) is 5.73 Å². The van der Waals surface area contributed by atoms with E-state index in [0.717, 1.165) is 6.26 Å². The molecule has 2 N–H and O–H groups in total. The van der Waals surface area contributed by atoms with Gasteiger partial charge in [0.05, 0.1) is 11.5 Å². The van der Waals surface area contributed by atoms with E-state index in [1.54, 1.807) is 0 Å². The standard InChI is InChI=1S/C9H22N2O4S2.ClH/c1-9(2,7-10)8-11(3)17(14,15)6-5-16(4,12)13;/h5-8,10H2,1-4H3;1H. The quantitative estimate of drug-likeness (QED) is 0.694. The lowest BCUT2D eigenvalue weighted by molar-refractivity contribution is 0.292. The van der Waals surface area contributed by atoms with Crippen LogP contribution < -0.4 is 5.73 Å². The van der Waals surface area contributed by atoms with Crippen LogP contribution in [0.4, 0.5) is 0 Å². The first-order chi connectivity index (χ1) is 7.40. The third kappa shape index (κ3) is 8.25. The van der Waals surface area contributed by atoms with Crippen molar-refractivity contribution in [2.75, 3.05) is 37.9 Å². The Bertz CT molecular complexity index is 445. The average Bonchev–Trinajstić information content (AvgIpc) is 2.13. The normalized spacial score (nSPS) is 13.4. The van der Waals surface area contributed by atoms with Gasteiger partial charge in [-0.05, 0) is 12.0 Å². The van der Waals surface area contributed by atoms with Crippen LogP contribution >= 0.6 is 12.4 Å². The third-order valence-corrected chi connectivity index (χ3v) is 5.39. The second kappa shape index (κ2) is 7.04. The SMILES string of the molecule is CN(CC(C)(C)CN)S(=O)(=O)CCS(C)(=O)=O.Cl. The maximum atomic E-state index is 11.8. The Labute approximate surface area is 116 Å². The molecule has 0 saturated carbocycles. The number of sulfone groups is 1. The predicted octanol–water partition coefficient (Wildman–Crippen LogP) is -0.301. The lowest BCUT2D eigenvalue weighted by atomic mass is 9.94. The summed E-state index contributed by atoms with van der Waals surface area (Å²) >= 11 is 0. The van der Waals surface area contributed by atoms with Gasteiger partial charge < -0.3 is 5.73 Å². The van der Waals surface area contributed by atoms with E-state index in [0.29, 0.717) is 6.54 Å². The van der Waals surface area contributed by atoms with Crippen molar-refractivity contribution in [3.63, 3.8) is 0 Å². The van der Waals surface area contributed by atoms with E-state index < -0.39 is 19.9 Å². The smallest absolute Gasteiger partial charge is 0.214 e. The molecule has 0 atom stereocenters. The van der Waals surface area contributed by atoms with Gasteiger partial charge in [-0.1, -0.05) is 13.8 Å². The Morgan fingerprint density at radius 2 is 1.56 bits per heavy atom. The Balaban J connectivity index is 0. The van der Waals surface area contributed by atoms with Gasteiger partial charge in [-0.3, -0.25) is 0 Å². The highest BCUT2D eigenvalue weighted by Crippen LogP contribution is 2.16. The van der Waals surface area contributed by atoms with E-state index in [1.165, 1.54) is 11.4 Å². The van der Waals surface area contributed by atoms with Crippen molar-refractivity contribution in [2.45, 2.75) is 13.8 Å². The zero-order valence-corrected chi connectivity index (χ0v) is 13.7. The molecular formula is C9H23ClN2O4S2. The number of nitrogens with two attached hydrogens (primary N) is 1. The largest absolute Gasteiger partial charge is 0.330 e. The minimum Gasteiger partial charge on any atom is -0.330 e. The molecule has 112 valence electrons. The number of halogens is 1. The summed E-state index contributed by atoms with van der Waals surface area (Å²) in [7, 11) is -5.37. The maximum absolute atomic E-state index is 11.8. The van der Waals surface area contributed by atoms with Gasteiger partial charge in [0.25, 0.3) is 0 Å². The fourth-order valence-electron chi connectivity index (χ4n) is 1.18. The van der Waals surface area contributed by atoms with E-state index in [9.17, 15) is 16.8 Å². The molecule has 0 aliphatic heterocycles. The summed E-state index contributed by atoms with van der Waals surface area (Å²) in [5, 5.41) is 0. The number of hydrogen-bond donors (Lipinski definition) is 1. The second-order valence-electron chi connectivity index (χ2n) is 5.07. The number of nitrogens with zero attached hydrogens (tertiary/aromatic N) is 1. The lowest BCUT2D eigenvalue weighted by Gasteiger charge is -2.28. The van der Waals surface area contributed by atoms with Crippen LogP contribution in [-0.2, 0) is 19.9 Å². The fraction of sp³-hybridized carbons (Fsp3) is 1.00. The van der Waals surface area contributed by atoms with Crippen molar-refractivity contribution >= 4 is 32.3 Å². The molecule has 0 fully saturated rings. The van der Waals surface area contributed by atoms with Gasteiger partial charge in [0.1, 0.15) is 9.84 Å². The molecule has 0 heterocycles. The minimum absolute atomic E-state index is 0. The van der Waals surface area contributed by atoms with Crippen LogP contribution in [0.1, 0.15) is 13.8 Å². The highest BCUT2D eigenvalue weighted by molar-refractivity contribution is 7.93. The van der Waals surface area contributed by atoms with E-state index in [1.807, 2.05) is 13.8 Å². The lowest BCUT2D eigenvalue weighted by Crippen LogP contribution is -2.41. The summed E-state index contributed by atoms with van der Waals surface area (Å²) in [4.78, 5) is 0. The van der Waals surface area contributed by atoms with Crippen molar-refractivity contribution in [3.8, 4) is 0 Å². The van der Waals surface area contributed by atoms with Crippen LogP contribution in [-0.4, -0.2) is 59.0 Å². The Morgan fingerprint density at radius 3 is 1.89 bits per heavy atom. The Morgan fingerprint density at radius 1 is 1.11 bits per heavy atom. The molecule has 0 aromatic carbocycles. The molecule has 0 bridgehead atoms. The minimum atomic E-state index is -3.54. The summed E-state index contributed by atoms with van der Waals surface area (Å²) in [6, 6.07) is 0. The monoisotopic (exact) mass is 322 g/mol. The number of hydrogen-bond acceptors (Lipinski definition) is 5. The number of sulfonamides is 1. The van der Waals surface area contributed by atoms with Crippen LogP contribution in [0.25, 0.3) is 0 Å². The molecule has 0 radical (unpaired) electrons. The first kappa shape index (κ1) is 20.4. The summed E-state index contributed by atoms with van der Waals surface area (Å²) in [5.41, 5.74) is 5.20. The molecule has 18 heavy (non-hydrogen) atoms. The molecule has 0 aromatic heterocycles. The Kier molecular flexibility index (Phi) is 7.99. The van der Waals surface area contributed by atoms with Crippen molar-refractivity contribution in [2.24, 2.45) is 11.1 Å². The van der Waals surface area contributed by atoms with E-state index in [2.05, 4.69) is 0 Å². The number of rotatable bonds is 7. The van der Waals surface area contributed by atoms with Crippen LogP contribution in [0.2, 0.25) is 0 Å². The first-order valence-corrected chi connectivity index (χ1v) is 8.88. The maximum Gasteiger partial charge on any atom is 0.214 e. The highest BCUT2D eigenvalue weighted by atomic mass is 35.5. The van der Waals surface area contributed by atoms with Crippen LogP contribution in [0.5, 0.6) is 0 Å². The van der Waals surface area contributed by atoms with E-state index in [-0.39, 0.29) is 35.9 Å². The molecule has 0 aliphatic carbocycles. The van der Waals surface area contributed by atoms with Crippen molar-refractivity contribution < 1.29 is 16.8 Å². The molecule has 0 spiro atoms. The first-order valence-electron chi connectivity index (χ1n) is 5.21. The fourth-order valence-corrected chi connectivity index (χ4v) is 4.09.